The van der Waals surface area contributed by atoms with Crippen LogP contribution in [0.15, 0.2) is 75.9 Å². The molecule has 2 aromatic carbocycles. The molecule has 6 nitrogen and oxygen atoms in total. The quantitative estimate of drug-likeness (QED) is 0.384. The lowest BCUT2D eigenvalue weighted by molar-refractivity contribution is -0.144. The number of fused-ring (bicyclic) bond motifs is 1. The summed E-state index contributed by atoms with van der Waals surface area (Å²) in [4.78, 5) is 21.3. The lowest BCUT2D eigenvalue weighted by Gasteiger charge is -2.26. The number of rotatable bonds is 6. The third-order valence-corrected chi connectivity index (χ3v) is 6.85. The third-order valence-electron chi connectivity index (χ3n) is 4.97. The van der Waals surface area contributed by atoms with Crippen LogP contribution >= 0.6 is 31.9 Å². The molecule has 0 aliphatic heterocycles. The van der Waals surface area contributed by atoms with E-state index in [-0.39, 0.29) is 6.42 Å². The summed E-state index contributed by atoms with van der Waals surface area (Å²) in [6.45, 7) is 0.417. The first kappa shape index (κ1) is 20.7. The molecule has 0 aliphatic rings. The zero-order chi connectivity index (χ0) is 21.3. The van der Waals surface area contributed by atoms with Gasteiger partial charge in [-0.15, -0.1) is 0 Å². The Kier molecular flexibility index (Phi) is 5.73. The fourth-order valence-electron chi connectivity index (χ4n) is 3.47. The van der Waals surface area contributed by atoms with E-state index >= 15 is 0 Å². The topological polar surface area (TPSA) is 94.0 Å². The van der Waals surface area contributed by atoms with Gasteiger partial charge in [0.05, 0.1) is 17.6 Å². The maximum Gasteiger partial charge on any atom is 0.331 e. The van der Waals surface area contributed by atoms with E-state index in [0.717, 1.165) is 25.6 Å². The molecule has 0 spiro atoms. The van der Waals surface area contributed by atoms with Gasteiger partial charge in [0.25, 0.3) is 0 Å². The Morgan fingerprint density at radius 1 is 1.07 bits per heavy atom. The molecule has 4 aromatic rings. The predicted octanol–water partition coefficient (Wildman–Crippen LogP) is 4.49. The van der Waals surface area contributed by atoms with Gasteiger partial charge < -0.3 is 15.4 Å². The Bertz CT molecular complexity index is 1230. The number of benzene rings is 2. The number of carboxylic acids is 1. The van der Waals surface area contributed by atoms with E-state index in [1.807, 2.05) is 59.2 Å². The largest absolute Gasteiger partial charge is 0.480 e. The molecule has 0 fully saturated rings. The zero-order valence-electron chi connectivity index (χ0n) is 15.8. The van der Waals surface area contributed by atoms with Crippen LogP contribution in [0, 0.1) is 0 Å². The molecule has 152 valence electrons. The predicted molar refractivity (Wildman–Crippen MR) is 122 cm³/mol. The SMILES string of the molecule is NC(Cc1ccc(Br)c(Br)c1)(C(=O)O)c1nc2ccccc2n1Cc1cccnc1. The first-order valence-corrected chi connectivity index (χ1v) is 10.8. The number of hydrogen-bond donors (Lipinski definition) is 2. The van der Waals surface area contributed by atoms with Crippen LogP contribution in [0.2, 0.25) is 0 Å². The van der Waals surface area contributed by atoms with Crippen LogP contribution in [0.5, 0.6) is 0 Å². The molecule has 0 radical (unpaired) electrons. The van der Waals surface area contributed by atoms with Crippen molar-refractivity contribution in [2.24, 2.45) is 5.73 Å². The van der Waals surface area contributed by atoms with Crippen molar-refractivity contribution >= 4 is 48.9 Å². The average molecular weight is 530 g/mol. The number of halogens is 2. The summed E-state index contributed by atoms with van der Waals surface area (Å²) in [6.07, 6.45) is 3.54. The zero-order valence-corrected chi connectivity index (χ0v) is 19.0. The smallest absolute Gasteiger partial charge is 0.331 e. The van der Waals surface area contributed by atoms with E-state index in [2.05, 4.69) is 41.8 Å². The van der Waals surface area contributed by atoms with E-state index in [1.165, 1.54) is 0 Å². The van der Waals surface area contributed by atoms with E-state index < -0.39 is 11.5 Å². The second-order valence-corrected chi connectivity index (χ2v) is 8.78. The van der Waals surface area contributed by atoms with E-state index in [4.69, 9.17) is 5.73 Å². The van der Waals surface area contributed by atoms with Crippen molar-refractivity contribution in [3.8, 4) is 0 Å². The molecular formula is C22H18Br2N4O2. The Morgan fingerprint density at radius 3 is 2.57 bits per heavy atom. The van der Waals surface area contributed by atoms with Gasteiger partial charge in [-0.3, -0.25) is 4.98 Å². The van der Waals surface area contributed by atoms with Crippen molar-refractivity contribution in [2.75, 3.05) is 0 Å². The number of para-hydroxylation sites is 2. The summed E-state index contributed by atoms with van der Waals surface area (Å²) in [5.41, 5.74) is 8.10. The van der Waals surface area contributed by atoms with E-state index in [1.54, 1.807) is 12.4 Å². The minimum Gasteiger partial charge on any atom is -0.480 e. The van der Waals surface area contributed by atoms with Crippen LogP contribution < -0.4 is 5.73 Å². The number of nitrogens with two attached hydrogens (primary N) is 1. The fraction of sp³-hybridized carbons (Fsp3) is 0.136. The minimum atomic E-state index is -1.71. The monoisotopic (exact) mass is 528 g/mol. The Labute approximate surface area is 190 Å². The fourth-order valence-corrected chi connectivity index (χ4v) is 4.15. The molecule has 8 heteroatoms. The highest BCUT2D eigenvalue weighted by Gasteiger charge is 2.41. The van der Waals surface area contributed by atoms with Crippen LogP contribution in [-0.4, -0.2) is 25.6 Å². The lowest BCUT2D eigenvalue weighted by atomic mass is 9.90. The second-order valence-electron chi connectivity index (χ2n) is 7.07. The molecule has 0 saturated heterocycles. The van der Waals surface area contributed by atoms with Gasteiger partial charge >= 0.3 is 5.97 Å². The van der Waals surface area contributed by atoms with Gasteiger partial charge in [0.2, 0.25) is 0 Å². The van der Waals surface area contributed by atoms with Gasteiger partial charge in [-0.05, 0) is 73.3 Å². The van der Waals surface area contributed by atoms with Crippen LogP contribution in [0.3, 0.4) is 0 Å². The van der Waals surface area contributed by atoms with Gasteiger partial charge in [-0.2, -0.15) is 0 Å². The van der Waals surface area contributed by atoms with Crippen LogP contribution in [-0.2, 0) is 23.3 Å². The summed E-state index contributed by atoms with van der Waals surface area (Å²) in [5.74, 6) is -0.830. The lowest BCUT2D eigenvalue weighted by Crippen LogP contribution is -2.49. The molecular weight excluding hydrogens is 512 g/mol. The first-order valence-electron chi connectivity index (χ1n) is 9.19. The average Bonchev–Trinajstić information content (AvgIpc) is 3.10. The molecule has 2 heterocycles. The minimum absolute atomic E-state index is 0.0879. The normalized spacial score (nSPS) is 13.3. The highest BCUT2D eigenvalue weighted by atomic mass is 79.9. The van der Waals surface area contributed by atoms with Gasteiger partial charge in [0.15, 0.2) is 5.54 Å². The first-order chi connectivity index (χ1) is 14.4. The molecule has 3 N–H and O–H groups in total. The Morgan fingerprint density at radius 2 is 1.87 bits per heavy atom. The molecule has 1 unspecified atom stereocenters. The molecule has 0 bridgehead atoms. The highest BCUT2D eigenvalue weighted by molar-refractivity contribution is 9.13. The molecule has 30 heavy (non-hydrogen) atoms. The number of carboxylic acid groups (broad SMARTS) is 1. The Hall–Kier alpha value is -2.55. The molecule has 2 aromatic heterocycles. The van der Waals surface area contributed by atoms with E-state index in [9.17, 15) is 9.90 Å². The molecule has 0 aliphatic carbocycles. The number of imidazole rings is 1. The molecule has 0 saturated carbocycles. The summed E-state index contributed by atoms with van der Waals surface area (Å²) >= 11 is 6.91. The maximum atomic E-state index is 12.4. The number of aliphatic carboxylic acids is 1. The number of aromatic nitrogens is 3. The van der Waals surface area contributed by atoms with Crippen LogP contribution in [0.25, 0.3) is 11.0 Å². The maximum absolute atomic E-state index is 12.4. The number of pyridine rings is 1. The number of nitrogens with zero attached hydrogens (tertiary/aromatic N) is 3. The molecule has 4 rings (SSSR count). The summed E-state index contributed by atoms with van der Waals surface area (Å²) in [6, 6.07) is 16.9. The van der Waals surface area contributed by atoms with Gasteiger partial charge in [-0.1, -0.05) is 24.3 Å². The standard InChI is InChI=1S/C22H18Br2N4O2/c23-16-8-7-14(10-17(16)24)11-22(25,21(29)30)20-27-18-5-1-2-6-19(18)28(20)13-15-4-3-9-26-12-15/h1-10,12H,11,13,25H2,(H,29,30). The Balaban J connectivity index is 1.86. The molecule has 1 atom stereocenters. The third kappa shape index (κ3) is 3.90. The van der Waals surface area contributed by atoms with Crippen molar-refractivity contribution in [3.05, 3.63) is 92.9 Å². The summed E-state index contributed by atoms with van der Waals surface area (Å²) < 4.78 is 3.58. The van der Waals surface area contributed by atoms with Gasteiger partial charge in [0, 0.05) is 27.8 Å². The van der Waals surface area contributed by atoms with Crippen LogP contribution in [0.4, 0.5) is 0 Å². The van der Waals surface area contributed by atoms with Crippen molar-refractivity contribution in [2.45, 2.75) is 18.5 Å². The van der Waals surface area contributed by atoms with Gasteiger partial charge in [-0.25, -0.2) is 9.78 Å². The van der Waals surface area contributed by atoms with Crippen molar-refractivity contribution in [1.29, 1.82) is 0 Å². The van der Waals surface area contributed by atoms with Gasteiger partial charge in [0.1, 0.15) is 5.82 Å². The van der Waals surface area contributed by atoms with Crippen molar-refractivity contribution < 1.29 is 9.90 Å². The summed E-state index contributed by atoms with van der Waals surface area (Å²) in [5, 5.41) is 10.2. The van der Waals surface area contributed by atoms with Crippen molar-refractivity contribution in [1.82, 2.24) is 14.5 Å². The van der Waals surface area contributed by atoms with Crippen molar-refractivity contribution in [3.63, 3.8) is 0 Å². The number of hydrogen-bond acceptors (Lipinski definition) is 4. The van der Waals surface area contributed by atoms with E-state index in [0.29, 0.717) is 17.9 Å². The second kappa shape index (κ2) is 8.29. The number of carbonyl (C=O) groups is 1. The highest BCUT2D eigenvalue weighted by Crippen LogP contribution is 2.31. The molecule has 0 amide bonds. The van der Waals surface area contributed by atoms with Crippen LogP contribution in [0.1, 0.15) is 17.0 Å². The summed E-state index contributed by atoms with van der Waals surface area (Å²) in [7, 11) is 0.